The zero-order valence-electron chi connectivity index (χ0n) is 22.1. The molecule has 208 valence electrons. The molecular weight excluding hydrogens is 514 g/mol. The second kappa shape index (κ2) is 13.0. The van der Waals surface area contributed by atoms with Crippen molar-refractivity contribution in [3.05, 3.63) is 96.1 Å². The third-order valence-electron chi connectivity index (χ3n) is 7.35. The molecule has 5 rings (SSSR count). The van der Waals surface area contributed by atoms with Gasteiger partial charge in [-0.2, -0.15) is 4.31 Å². The molecule has 0 unspecified atom stereocenters. The monoisotopic (exact) mass is 551 g/mol. The fraction of sp³-hybridized carbons (Fsp3) is 0.400. The van der Waals surface area contributed by atoms with E-state index in [-0.39, 0.29) is 17.5 Å². The largest absolute Gasteiger partial charge is 0.491 e. The lowest BCUT2D eigenvalue weighted by atomic mass is 9.96. The van der Waals surface area contributed by atoms with Crippen LogP contribution in [-0.2, 0) is 14.8 Å². The van der Waals surface area contributed by atoms with Crippen LogP contribution in [0.2, 0.25) is 0 Å². The average Bonchev–Trinajstić information content (AvgIpc) is 2.99. The third kappa shape index (κ3) is 7.05. The van der Waals surface area contributed by atoms with Crippen LogP contribution in [0, 0.1) is 0 Å². The van der Waals surface area contributed by atoms with Crippen molar-refractivity contribution < 1.29 is 23.0 Å². The summed E-state index contributed by atoms with van der Waals surface area (Å²) < 4.78 is 38.1. The minimum absolute atomic E-state index is 0.145. The molecule has 0 bridgehead atoms. The number of nitrogens with zero attached hydrogens (tertiary/aromatic N) is 3. The summed E-state index contributed by atoms with van der Waals surface area (Å²) in [6.45, 7) is 5.75. The van der Waals surface area contributed by atoms with Gasteiger partial charge in [-0.05, 0) is 35.4 Å². The molecule has 0 radical (unpaired) electrons. The fourth-order valence-electron chi connectivity index (χ4n) is 5.28. The molecule has 0 aromatic heterocycles. The maximum absolute atomic E-state index is 12.8. The molecule has 8 nitrogen and oxygen atoms in total. The Morgan fingerprint density at radius 3 is 1.90 bits per heavy atom. The first-order chi connectivity index (χ1) is 19.0. The molecule has 2 saturated heterocycles. The van der Waals surface area contributed by atoms with E-state index in [9.17, 15) is 13.5 Å². The molecule has 0 amide bonds. The minimum Gasteiger partial charge on any atom is -0.491 e. The van der Waals surface area contributed by atoms with Gasteiger partial charge in [0, 0.05) is 45.8 Å². The number of sulfonamides is 1. The Morgan fingerprint density at radius 2 is 1.33 bits per heavy atom. The lowest BCUT2D eigenvalue weighted by molar-refractivity contribution is 0.0401. The van der Waals surface area contributed by atoms with Crippen LogP contribution in [0.15, 0.2) is 89.8 Å². The van der Waals surface area contributed by atoms with Crippen molar-refractivity contribution >= 4 is 10.0 Å². The lowest BCUT2D eigenvalue weighted by Crippen LogP contribution is -2.50. The summed E-state index contributed by atoms with van der Waals surface area (Å²) >= 11 is 0. The summed E-state index contributed by atoms with van der Waals surface area (Å²) in [5, 5.41) is 10.7. The van der Waals surface area contributed by atoms with Crippen LogP contribution in [0.1, 0.15) is 17.2 Å². The molecule has 2 heterocycles. The standard InChI is InChI=1S/C30H37N3O5S/c34-27(24-38-28-11-13-29(14-12-28)39(35,36)33-19-21-37-22-20-33)23-31-15-17-32(18-16-31)30(25-7-3-1-4-8-25)26-9-5-2-6-10-26/h1-14,27,30,34H,15-24H2/t27-/m0/s1. The summed E-state index contributed by atoms with van der Waals surface area (Å²) in [5.41, 5.74) is 2.57. The molecule has 3 aromatic carbocycles. The van der Waals surface area contributed by atoms with Crippen molar-refractivity contribution in [3.8, 4) is 5.75 Å². The molecule has 0 spiro atoms. The molecule has 0 aliphatic carbocycles. The normalized spacial score (nSPS) is 18.7. The van der Waals surface area contributed by atoms with Crippen molar-refractivity contribution in [1.29, 1.82) is 0 Å². The molecule has 2 fully saturated rings. The number of aliphatic hydroxyl groups is 1. The summed E-state index contributed by atoms with van der Waals surface area (Å²) in [5.74, 6) is 0.536. The first-order valence-electron chi connectivity index (χ1n) is 13.6. The van der Waals surface area contributed by atoms with E-state index >= 15 is 0 Å². The van der Waals surface area contributed by atoms with E-state index in [0.717, 1.165) is 26.2 Å². The maximum atomic E-state index is 12.8. The van der Waals surface area contributed by atoms with Crippen molar-refractivity contribution in [1.82, 2.24) is 14.1 Å². The molecule has 9 heteroatoms. The number of β-amino-alcohol motifs (C(OH)–C–C–N with tert-alkyl or cyclic N) is 1. The van der Waals surface area contributed by atoms with Gasteiger partial charge in [0.25, 0.3) is 0 Å². The van der Waals surface area contributed by atoms with Crippen molar-refractivity contribution in [3.63, 3.8) is 0 Å². The number of hydrogen-bond donors (Lipinski definition) is 1. The highest BCUT2D eigenvalue weighted by Gasteiger charge is 2.28. The third-order valence-corrected chi connectivity index (χ3v) is 9.26. The van der Waals surface area contributed by atoms with E-state index in [1.807, 2.05) is 0 Å². The molecular formula is C30H37N3O5S. The summed E-state index contributed by atoms with van der Waals surface area (Å²) in [4.78, 5) is 5.02. The molecule has 1 atom stereocenters. The van der Waals surface area contributed by atoms with Crippen molar-refractivity contribution in [2.24, 2.45) is 0 Å². The second-order valence-corrected chi connectivity index (χ2v) is 12.0. The van der Waals surface area contributed by atoms with Gasteiger partial charge in [0.2, 0.25) is 10.0 Å². The van der Waals surface area contributed by atoms with Gasteiger partial charge < -0.3 is 14.6 Å². The first kappa shape index (κ1) is 27.8. The summed E-state index contributed by atoms with van der Waals surface area (Å²) in [6.07, 6.45) is -0.646. The van der Waals surface area contributed by atoms with Crippen LogP contribution in [-0.4, -0.2) is 99.4 Å². The Morgan fingerprint density at radius 1 is 0.769 bits per heavy atom. The lowest BCUT2D eigenvalue weighted by Gasteiger charge is -2.40. The van der Waals surface area contributed by atoms with E-state index in [0.29, 0.717) is 38.6 Å². The van der Waals surface area contributed by atoms with Gasteiger partial charge in [0.1, 0.15) is 18.5 Å². The Kier molecular flexibility index (Phi) is 9.28. The van der Waals surface area contributed by atoms with Crippen LogP contribution < -0.4 is 4.74 Å². The smallest absolute Gasteiger partial charge is 0.243 e. The topological polar surface area (TPSA) is 82.5 Å². The number of hydrogen-bond acceptors (Lipinski definition) is 7. The van der Waals surface area contributed by atoms with Gasteiger partial charge in [-0.25, -0.2) is 8.42 Å². The summed E-state index contributed by atoms with van der Waals surface area (Å²) in [6, 6.07) is 27.8. The highest BCUT2D eigenvalue weighted by atomic mass is 32.2. The van der Waals surface area contributed by atoms with Gasteiger partial charge >= 0.3 is 0 Å². The van der Waals surface area contributed by atoms with Crippen molar-refractivity contribution in [2.75, 3.05) is 65.6 Å². The molecule has 39 heavy (non-hydrogen) atoms. The van der Waals surface area contributed by atoms with Crippen LogP contribution in [0.3, 0.4) is 0 Å². The van der Waals surface area contributed by atoms with Gasteiger partial charge in [-0.15, -0.1) is 0 Å². The number of ether oxygens (including phenoxy) is 2. The number of piperazine rings is 1. The quantitative estimate of drug-likeness (QED) is 0.415. The Labute approximate surface area is 231 Å². The Hall–Kier alpha value is -2.79. The number of aliphatic hydroxyl groups excluding tert-OH is 1. The highest BCUT2D eigenvalue weighted by molar-refractivity contribution is 7.89. The molecule has 3 aromatic rings. The van der Waals surface area contributed by atoms with E-state index in [2.05, 4.69) is 70.5 Å². The summed E-state index contributed by atoms with van der Waals surface area (Å²) in [7, 11) is -3.54. The van der Waals surface area contributed by atoms with Crippen LogP contribution in [0.4, 0.5) is 0 Å². The number of morpholine rings is 1. The van der Waals surface area contributed by atoms with Crippen molar-refractivity contribution in [2.45, 2.75) is 17.0 Å². The van der Waals surface area contributed by atoms with Crippen LogP contribution in [0.5, 0.6) is 5.75 Å². The second-order valence-electron chi connectivity index (χ2n) is 10.0. The Balaban J connectivity index is 1.11. The SMILES string of the molecule is O=S(=O)(c1ccc(OC[C@@H](O)CN2CCN(C(c3ccccc3)c3ccccc3)CC2)cc1)N1CCOCC1. The van der Waals surface area contributed by atoms with Crippen LogP contribution in [0.25, 0.3) is 0 Å². The van der Waals surface area contributed by atoms with Gasteiger partial charge in [0.05, 0.1) is 24.2 Å². The van der Waals surface area contributed by atoms with E-state index in [4.69, 9.17) is 9.47 Å². The number of benzene rings is 3. The van der Waals surface area contributed by atoms with Gasteiger partial charge in [-0.1, -0.05) is 60.7 Å². The maximum Gasteiger partial charge on any atom is 0.243 e. The molecule has 1 N–H and O–H groups in total. The fourth-order valence-corrected chi connectivity index (χ4v) is 6.68. The predicted octanol–water partition coefficient (Wildman–Crippen LogP) is 2.85. The molecule has 2 aliphatic heterocycles. The van der Waals surface area contributed by atoms with E-state index < -0.39 is 16.1 Å². The molecule has 2 aliphatic rings. The van der Waals surface area contributed by atoms with Crippen LogP contribution >= 0.6 is 0 Å². The van der Waals surface area contributed by atoms with Gasteiger partial charge in [0.15, 0.2) is 0 Å². The minimum atomic E-state index is -3.54. The average molecular weight is 552 g/mol. The highest BCUT2D eigenvalue weighted by Crippen LogP contribution is 2.29. The Bertz CT molecular complexity index is 1220. The first-order valence-corrected chi connectivity index (χ1v) is 15.0. The molecule has 0 saturated carbocycles. The zero-order valence-corrected chi connectivity index (χ0v) is 23.0. The zero-order chi connectivity index (χ0) is 27.1. The van der Waals surface area contributed by atoms with Gasteiger partial charge in [-0.3, -0.25) is 9.80 Å². The van der Waals surface area contributed by atoms with E-state index in [1.165, 1.54) is 15.4 Å². The predicted molar refractivity (Wildman–Crippen MR) is 150 cm³/mol. The number of rotatable bonds is 10. The van der Waals surface area contributed by atoms with E-state index in [1.54, 1.807) is 24.3 Å².